The van der Waals surface area contributed by atoms with Gasteiger partial charge in [0, 0.05) is 44.3 Å². The fourth-order valence-corrected chi connectivity index (χ4v) is 2.19. The van der Waals surface area contributed by atoms with E-state index < -0.39 is 0 Å². The molecule has 16 heavy (non-hydrogen) atoms. The van der Waals surface area contributed by atoms with E-state index in [-0.39, 0.29) is 0 Å². The third-order valence-corrected chi connectivity index (χ3v) is 2.98. The highest BCUT2D eigenvalue weighted by molar-refractivity contribution is 5.29. The molecule has 0 amide bonds. The molecule has 0 saturated carbocycles. The van der Waals surface area contributed by atoms with Crippen molar-refractivity contribution in [1.29, 1.82) is 0 Å². The Bertz CT molecular complexity index is 459. The molecule has 2 aromatic heterocycles. The highest BCUT2D eigenvalue weighted by atomic mass is 15.2. The molecule has 84 valence electrons. The maximum atomic E-state index is 5.87. The molecule has 0 spiro atoms. The molecule has 0 aliphatic carbocycles. The van der Waals surface area contributed by atoms with Crippen LogP contribution in [0.4, 0.5) is 0 Å². The van der Waals surface area contributed by atoms with Crippen LogP contribution in [-0.2, 0) is 6.54 Å². The van der Waals surface area contributed by atoms with Crippen LogP contribution in [0, 0.1) is 0 Å². The van der Waals surface area contributed by atoms with Gasteiger partial charge in [0.15, 0.2) is 0 Å². The highest BCUT2D eigenvalue weighted by Crippen LogP contribution is 2.11. The van der Waals surface area contributed by atoms with Crippen LogP contribution in [-0.4, -0.2) is 38.4 Å². The molecule has 3 heterocycles. The number of hydrogen-bond acceptors (Lipinski definition) is 4. The first kappa shape index (κ1) is 9.74. The van der Waals surface area contributed by atoms with E-state index in [1.165, 1.54) is 0 Å². The molecule has 5 nitrogen and oxygen atoms in total. The number of fused-ring (bicyclic) bond motifs is 1. The minimum atomic E-state index is 0.329. The van der Waals surface area contributed by atoms with Gasteiger partial charge in [-0.2, -0.15) is 0 Å². The summed E-state index contributed by atoms with van der Waals surface area (Å²) in [6, 6.07) is 2.24. The lowest BCUT2D eigenvalue weighted by Crippen LogP contribution is -2.26. The van der Waals surface area contributed by atoms with E-state index in [1.807, 2.05) is 22.9 Å². The van der Waals surface area contributed by atoms with Gasteiger partial charge in [-0.1, -0.05) is 0 Å². The zero-order valence-electron chi connectivity index (χ0n) is 9.08. The van der Waals surface area contributed by atoms with Crippen molar-refractivity contribution in [2.75, 3.05) is 13.1 Å². The van der Waals surface area contributed by atoms with Crippen molar-refractivity contribution in [3.8, 4) is 0 Å². The number of nitrogens with zero attached hydrogens (tertiary/aromatic N) is 4. The molecule has 0 unspecified atom stereocenters. The molecule has 0 aromatic carbocycles. The van der Waals surface area contributed by atoms with Gasteiger partial charge in [0.1, 0.15) is 0 Å². The number of hydrogen-bond donors (Lipinski definition) is 1. The van der Waals surface area contributed by atoms with Crippen molar-refractivity contribution in [2.45, 2.75) is 19.0 Å². The lowest BCUT2D eigenvalue weighted by Gasteiger charge is -2.12. The van der Waals surface area contributed by atoms with Crippen LogP contribution >= 0.6 is 0 Å². The Hall–Kier alpha value is -1.46. The van der Waals surface area contributed by atoms with Gasteiger partial charge in [-0.15, -0.1) is 0 Å². The Kier molecular flexibility index (Phi) is 2.34. The van der Waals surface area contributed by atoms with Crippen molar-refractivity contribution in [2.24, 2.45) is 5.73 Å². The van der Waals surface area contributed by atoms with Crippen molar-refractivity contribution >= 4 is 5.78 Å². The second kappa shape index (κ2) is 3.84. The van der Waals surface area contributed by atoms with Crippen molar-refractivity contribution in [3.63, 3.8) is 0 Å². The normalized spacial score (nSPS) is 21.9. The minimum Gasteiger partial charge on any atom is -0.326 e. The van der Waals surface area contributed by atoms with Crippen LogP contribution in [0.5, 0.6) is 0 Å². The van der Waals surface area contributed by atoms with Crippen LogP contribution in [0.15, 0.2) is 24.7 Å². The lowest BCUT2D eigenvalue weighted by molar-refractivity contribution is 0.323. The molecule has 0 radical (unpaired) electrons. The van der Waals surface area contributed by atoms with E-state index in [9.17, 15) is 0 Å². The molecular formula is C11H15N5. The van der Waals surface area contributed by atoms with Crippen LogP contribution < -0.4 is 5.73 Å². The van der Waals surface area contributed by atoms with E-state index in [0.29, 0.717) is 6.04 Å². The number of aromatic nitrogens is 3. The fraction of sp³-hybridized carbons (Fsp3) is 0.455. The first-order valence-electron chi connectivity index (χ1n) is 5.58. The molecule has 1 saturated heterocycles. The molecule has 0 bridgehead atoms. The smallest absolute Gasteiger partial charge is 0.233 e. The maximum Gasteiger partial charge on any atom is 0.233 e. The molecule has 1 fully saturated rings. The number of imidazole rings is 1. The SMILES string of the molecule is N[C@H]1CCN(Cc2cn3cccnc3n2)C1. The summed E-state index contributed by atoms with van der Waals surface area (Å²) < 4.78 is 1.95. The molecule has 1 aliphatic rings. The Morgan fingerprint density at radius 2 is 2.44 bits per heavy atom. The Morgan fingerprint density at radius 1 is 1.50 bits per heavy atom. The molecule has 1 aliphatic heterocycles. The van der Waals surface area contributed by atoms with Gasteiger partial charge in [0.05, 0.1) is 5.69 Å². The first-order chi connectivity index (χ1) is 7.81. The van der Waals surface area contributed by atoms with Crippen LogP contribution in [0.3, 0.4) is 0 Å². The topological polar surface area (TPSA) is 59.5 Å². The van der Waals surface area contributed by atoms with Gasteiger partial charge in [0.25, 0.3) is 0 Å². The third-order valence-electron chi connectivity index (χ3n) is 2.98. The molecule has 5 heteroatoms. The predicted molar refractivity (Wildman–Crippen MR) is 60.9 cm³/mol. The first-order valence-corrected chi connectivity index (χ1v) is 5.58. The minimum absolute atomic E-state index is 0.329. The number of likely N-dealkylation sites (tertiary alicyclic amines) is 1. The monoisotopic (exact) mass is 217 g/mol. The maximum absolute atomic E-state index is 5.87. The number of nitrogens with two attached hydrogens (primary N) is 1. The molecule has 3 rings (SSSR count). The van der Waals surface area contributed by atoms with E-state index in [1.54, 1.807) is 6.20 Å². The summed E-state index contributed by atoms with van der Waals surface area (Å²) in [6.07, 6.45) is 6.85. The lowest BCUT2D eigenvalue weighted by atomic mass is 10.3. The van der Waals surface area contributed by atoms with Crippen molar-refractivity contribution in [1.82, 2.24) is 19.3 Å². The van der Waals surface area contributed by atoms with E-state index >= 15 is 0 Å². The summed E-state index contributed by atoms with van der Waals surface area (Å²) in [7, 11) is 0. The van der Waals surface area contributed by atoms with Crippen LogP contribution in [0.25, 0.3) is 5.78 Å². The summed E-state index contributed by atoms with van der Waals surface area (Å²) >= 11 is 0. The second-order valence-electron chi connectivity index (χ2n) is 4.34. The van der Waals surface area contributed by atoms with Gasteiger partial charge >= 0.3 is 0 Å². The zero-order chi connectivity index (χ0) is 11.0. The quantitative estimate of drug-likeness (QED) is 0.784. The van der Waals surface area contributed by atoms with E-state index in [0.717, 1.165) is 37.5 Å². The van der Waals surface area contributed by atoms with Crippen LogP contribution in [0.1, 0.15) is 12.1 Å². The van der Waals surface area contributed by atoms with Gasteiger partial charge in [-0.05, 0) is 12.5 Å². The summed E-state index contributed by atoms with van der Waals surface area (Å²) in [6.45, 7) is 2.92. The van der Waals surface area contributed by atoms with Gasteiger partial charge in [0.2, 0.25) is 5.78 Å². The van der Waals surface area contributed by atoms with Gasteiger partial charge < -0.3 is 5.73 Å². The van der Waals surface area contributed by atoms with Crippen molar-refractivity contribution < 1.29 is 0 Å². The Labute approximate surface area is 93.9 Å². The molecule has 2 N–H and O–H groups in total. The number of rotatable bonds is 2. The average Bonchev–Trinajstić information content (AvgIpc) is 2.84. The van der Waals surface area contributed by atoms with Crippen molar-refractivity contribution in [3.05, 3.63) is 30.4 Å². The Morgan fingerprint density at radius 3 is 3.19 bits per heavy atom. The van der Waals surface area contributed by atoms with E-state index in [2.05, 4.69) is 14.9 Å². The molecule has 2 aromatic rings. The largest absolute Gasteiger partial charge is 0.326 e. The third kappa shape index (κ3) is 1.79. The summed E-state index contributed by atoms with van der Waals surface area (Å²) in [5, 5.41) is 0. The summed E-state index contributed by atoms with van der Waals surface area (Å²) in [4.78, 5) is 11.0. The Balaban J connectivity index is 1.79. The standard InChI is InChI=1S/C11H15N5/c12-9-2-5-15(6-9)7-10-8-16-4-1-3-13-11(16)14-10/h1,3-4,8-9H,2,5-7,12H2/t9-/m0/s1. The van der Waals surface area contributed by atoms with Gasteiger partial charge in [-0.25, -0.2) is 9.97 Å². The van der Waals surface area contributed by atoms with Crippen LogP contribution in [0.2, 0.25) is 0 Å². The fourth-order valence-electron chi connectivity index (χ4n) is 2.19. The average molecular weight is 217 g/mol. The van der Waals surface area contributed by atoms with E-state index in [4.69, 9.17) is 5.73 Å². The van der Waals surface area contributed by atoms with Gasteiger partial charge in [-0.3, -0.25) is 9.30 Å². The predicted octanol–water partition coefficient (Wildman–Crippen LogP) is 0.262. The highest BCUT2D eigenvalue weighted by Gasteiger charge is 2.19. The second-order valence-corrected chi connectivity index (χ2v) is 4.34. The zero-order valence-corrected chi connectivity index (χ0v) is 9.08. The molecule has 1 atom stereocenters. The summed E-state index contributed by atoms with van der Waals surface area (Å²) in [5.74, 6) is 0.765. The molecular weight excluding hydrogens is 202 g/mol. The summed E-state index contributed by atoms with van der Waals surface area (Å²) in [5.41, 5.74) is 6.94.